The molecule has 0 spiro atoms. The molecule has 82 valence electrons. The van der Waals surface area contributed by atoms with Gasteiger partial charge in [-0.25, -0.2) is 14.8 Å². The van der Waals surface area contributed by atoms with Gasteiger partial charge in [0.1, 0.15) is 0 Å². The number of carboxylic acid groups (broad SMARTS) is 1. The van der Waals surface area contributed by atoms with E-state index in [-0.39, 0.29) is 5.82 Å². The minimum absolute atomic E-state index is 0.261. The number of aromatic nitrogens is 2. The van der Waals surface area contributed by atoms with E-state index in [1.807, 2.05) is 0 Å². The standard InChI is InChI=1S/C12H7N3O2/c13-5-8-3-1-2-4-10(8)9-6-14-11(12(16)17)15-7-9/h1-4,6-7H,(H,16,17). The Balaban J connectivity index is 2.47. The molecule has 5 heteroatoms. The van der Waals surface area contributed by atoms with Crippen LogP contribution in [-0.4, -0.2) is 21.0 Å². The van der Waals surface area contributed by atoms with Crippen LogP contribution < -0.4 is 0 Å². The third kappa shape index (κ3) is 2.11. The summed E-state index contributed by atoms with van der Waals surface area (Å²) < 4.78 is 0. The predicted molar refractivity (Wildman–Crippen MR) is 59.1 cm³/mol. The molecule has 0 bridgehead atoms. The van der Waals surface area contributed by atoms with E-state index in [1.54, 1.807) is 24.3 Å². The molecular weight excluding hydrogens is 218 g/mol. The maximum absolute atomic E-state index is 10.6. The van der Waals surface area contributed by atoms with Crippen LogP contribution in [0.1, 0.15) is 16.2 Å². The van der Waals surface area contributed by atoms with Crippen LogP contribution in [0.5, 0.6) is 0 Å². The van der Waals surface area contributed by atoms with Gasteiger partial charge in [0.15, 0.2) is 0 Å². The average molecular weight is 225 g/mol. The van der Waals surface area contributed by atoms with Crippen molar-refractivity contribution < 1.29 is 9.90 Å². The summed E-state index contributed by atoms with van der Waals surface area (Å²) in [5.74, 6) is -1.44. The zero-order valence-corrected chi connectivity index (χ0v) is 8.66. The predicted octanol–water partition coefficient (Wildman–Crippen LogP) is 1.71. The summed E-state index contributed by atoms with van der Waals surface area (Å²) >= 11 is 0. The summed E-state index contributed by atoms with van der Waals surface area (Å²) in [5.41, 5.74) is 1.80. The van der Waals surface area contributed by atoms with Crippen LogP contribution in [0.3, 0.4) is 0 Å². The molecule has 0 saturated heterocycles. The largest absolute Gasteiger partial charge is 0.475 e. The minimum Gasteiger partial charge on any atom is -0.475 e. The van der Waals surface area contributed by atoms with Crippen molar-refractivity contribution in [3.05, 3.63) is 48.0 Å². The van der Waals surface area contributed by atoms with Crippen LogP contribution in [0.25, 0.3) is 11.1 Å². The fraction of sp³-hybridized carbons (Fsp3) is 0. The smallest absolute Gasteiger partial charge is 0.373 e. The van der Waals surface area contributed by atoms with Crippen molar-refractivity contribution in [1.82, 2.24) is 9.97 Å². The van der Waals surface area contributed by atoms with Gasteiger partial charge in [0.2, 0.25) is 5.82 Å². The second-order valence-electron chi connectivity index (χ2n) is 3.26. The summed E-state index contributed by atoms with van der Waals surface area (Å²) in [5, 5.41) is 17.6. The van der Waals surface area contributed by atoms with Gasteiger partial charge in [0.25, 0.3) is 0 Å². The monoisotopic (exact) mass is 225 g/mol. The van der Waals surface area contributed by atoms with E-state index in [0.717, 1.165) is 0 Å². The van der Waals surface area contributed by atoms with Crippen LogP contribution in [0.2, 0.25) is 0 Å². The highest BCUT2D eigenvalue weighted by Gasteiger charge is 2.08. The van der Waals surface area contributed by atoms with Gasteiger partial charge in [-0.05, 0) is 6.07 Å². The number of carboxylic acids is 1. The lowest BCUT2D eigenvalue weighted by molar-refractivity contribution is 0.0683. The molecule has 2 rings (SSSR count). The van der Waals surface area contributed by atoms with E-state index < -0.39 is 5.97 Å². The fourth-order valence-corrected chi connectivity index (χ4v) is 1.41. The van der Waals surface area contributed by atoms with Crippen molar-refractivity contribution in [3.63, 3.8) is 0 Å². The number of aromatic carboxylic acids is 1. The Morgan fingerprint density at radius 3 is 2.47 bits per heavy atom. The van der Waals surface area contributed by atoms with Crippen molar-refractivity contribution in [3.8, 4) is 17.2 Å². The van der Waals surface area contributed by atoms with Crippen LogP contribution in [-0.2, 0) is 0 Å². The molecule has 0 aliphatic rings. The molecule has 0 amide bonds. The van der Waals surface area contributed by atoms with Gasteiger partial charge in [-0.1, -0.05) is 18.2 Å². The molecule has 0 atom stereocenters. The van der Waals surface area contributed by atoms with E-state index in [2.05, 4.69) is 16.0 Å². The van der Waals surface area contributed by atoms with E-state index in [0.29, 0.717) is 16.7 Å². The Morgan fingerprint density at radius 1 is 1.24 bits per heavy atom. The number of benzene rings is 1. The van der Waals surface area contributed by atoms with Gasteiger partial charge in [0.05, 0.1) is 11.6 Å². The quantitative estimate of drug-likeness (QED) is 0.840. The molecule has 0 aliphatic heterocycles. The molecule has 0 radical (unpaired) electrons. The van der Waals surface area contributed by atoms with E-state index in [9.17, 15) is 4.79 Å². The molecule has 1 aromatic carbocycles. The third-order valence-corrected chi connectivity index (χ3v) is 2.20. The molecule has 1 aromatic heterocycles. The Morgan fingerprint density at radius 2 is 1.88 bits per heavy atom. The molecular formula is C12H7N3O2. The first-order valence-electron chi connectivity index (χ1n) is 4.77. The topological polar surface area (TPSA) is 86.9 Å². The summed E-state index contributed by atoms with van der Waals surface area (Å²) in [6.07, 6.45) is 2.79. The van der Waals surface area contributed by atoms with Crippen molar-refractivity contribution in [1.29, 1.82) is 5.26 Å². The van der Waals surface area contributed by atoms with E-state index in [1.165, 1.54) is 12.4 Å². The summed E-state index contributed by atoms with van der Waals surface area (Å²) in [4.78, 5) is 18.0. The third-order valence-electron chi connectivity index (χ3n) is 2.20. The highest BCUT2D eigenvalue weighted by Crippen LogP contribution is 2.21. The van der Waals surface area contributed by atoms with Gasteiger partial charge < -0.3 is 5.11 Å². The SMILES string of the molecule is N#Cc1ccccc1-c1cnc(C(=O)O)nc1. The van der Waals surface area contributed by atoms with E-state index in [4.69, 9.17) is 10.4 Å². The number of nitriles is 1. The second-order valence-corrected chi connectivity index (χ2v) is 3.26. The van der Waals surface area contributed by atoms with Crippen LogP contribution >= 0.6 is 0 Å². The molecule has 17 heavy (non-hydrogen) atoms. The number of hydrogen-bond acceptors (Lipinski definition) is 4. The number of hydrogen-bond donors (Lipinski definition) is 1. The molecule has 0 fully saturated rings. The van der Waals surface area contributed by atoms with Gasteiger partial charge in [0, 0.05) is 23.5 Å². The lowest BCUT2D eigenvalue weighted by Crippen LogP contribution is -2.03. The molecule has 5 nitrogen and oxygen atoms in total. The zero-order valence-electron chi connectivity index (χ0n) is 8.66. The molecule has 1 heterocycles. The number of carbonyl (C=O) groups is 1. The van der Waals surface area contributed by atoms with Gasteiger partial charge in [-0.2, -0.15) is 5.26 Å². The normalized spacial score (nSPS) is 9.59. The van der Waals surface area contributed by atoms with Crippen LogP contribution in [0, 0.1) is 11.3 Å². The Bertz CT molecular complexity index is 600. The lowest BCUT2D eigenvalue weighted by Gasteiger charge is -2.02. The Labute approximate surface area is 97.0 Å². The maximum Gasteiger partial charge on any atom is 0.373 e. The van der Waals surface area contributed by atoms with Gasteiger partial charge >= 0.3 is 5.97 Å². The molecule has 0 unspecified atom stereocenters. The maximum atomic E-state index is 10.6. The van der Waals surface area contributed by atoms with Crippen molar-refractivity contribution in [2.75, 3.05) is 0 Å². The first-order chi connectivity index (χ1) is 8.22. The van der Waals surface area contributed by atoms with Crippen LogP contribution in [0.15, 0.2) is 36.7 Å². The van der Waals surface area contributed by atoms with Crippen molar-refractivity contribution in [2.24, 2.45) is 0 Å². The van der Waals surface area contributed by atoms with Gasteiger partial charge in [-0.15, -0.1) is 0 Å². The first kappa shape index (κ1) is 10.8. The Kier molecular flexibility index (Phi) is 2.79. The average Bonchev–Trinajstić information content (AvgIpc) is 2.39. The highest BCUT2D eigenvalue weighted by molar-refractivity contribution is 5.83. The Hall–Kier alpha value is -2.74. The molecule has 1 N–H and O–H groups in total. The van der Waals surface area contributed by atoms with Crippen molar-refractivity contribution >= 4 is 5.97 Å². The highest BCUT2D eigenvalue weighted by atomic mass is 16.4. The van der Waals surface area contributed by atoms with Gasteiger partial charge in [-0.3, -0.25) is 0 Å². The first-order valence-corrected chi connectivity index (χ1v) is 4.77. The molecule has 2 aromatic rings. The lowest BCUT2D eigenvalue weighted by atomic mass is 10.0. The summed E-state index contributed by atoms with van der Waals surface area (Å²) in [6.45, 7) is 0. The fourth-order valence-electron chi connectivity index (χ4n) is 1.41. The second kappa shape index (κ2) is 4.41. The number of rotatable bonds is 2. The van der Waals surface area contributed by atoms with E-state index >= 15 is 0 Å². The molecule has 0 aliphatic carbocycles. The minimum atomic E-state index is -1.18. The summed E-state index contributed by atoms with van der Waals surface area (Å²) in [7, 11) is 0. The van der Waals surface area contributed by atoms with Crippen LogP contribution in [0.4, 0.5) is 0 Å². The van der Waals surface area contributed by atoms with Crippen molar-refractivity contribution in [2.45, 2.75) is 0 Å². The molecule has 0 saturated carbocycles. The number of nitrogens with zero attached hydrogens (tertiary/aromatic N) is 3. The summed E-state index contributed by atoms with van der Waals surface area (Å²) in [6, 6.07) is 9.05. The zero-order chi connectivity index (χ0) is 12.3.